The summed E-state index contributed by atoms with van der Waals surface area (Å²) in [6.45, 7) is 2.32. The maximum absolute atomic E-state index is 12.1. The molecule has 0 spiro atoms. The van der Waals surface area contributed by atoms with Crippen LogP contribution in [0.1, 0.15) is 18.4 Å². The molecular weight excluding hydrogens is 302 g/mol. The lowest BCUT2D eigenvalue weighted by atomic mass is 9.97. The highest BCUT2D eigenvalue weighted by atomic mass is 16.6. The molecule has 1 atom stereocenters. The first-order chi connectivity index (χ1) is 10.9. The highest BCUT2D eigenvalue weighted by Crippen LogP contribution is 2.23. The number of nitrogens with two attached hydrogens (primary N) is 1. The summed E-state index contributed by atoms with van der Waals surface area (Å²) in [6, 6.07) is 4.33. The first-order valence-corrected chi connectivity index (χ1v) is 7.33. The van der Waals surface area contributed by atoms with Gasteiger partial charge in [-0.1, -0.05) is 0 Å². The Labute approximate surface area is 133 Å². The van der Waals surface area contributed by atoms with Crippen molar-refractivity contribution in [3.8, 4) is 5.75 Å². The number of nitro groups is 1. The maximum atomic E-state index is 12.1. The molecule has 1 fully saturated rings. The summed E-state index contributed by atoms with van der Waals surface area (Å²) in [4.78, 5) is 35.2. The Morgan fingerprint density at radius 2 is 2.22 bits per heavy atom. The van der Waals surface area contributed by atoms with Crippen LogP contribution in [0.2, 0.25) is 0 Å². The van der Waals surface area contributed by atoms with Crippen molar-refractivity contribution in [2.45, 2.75) is 19.8 Å². The van der Waals surface area contributed by atoms with E-state index >= 15 is 0 Å². The van der Waals surface area contributed by atoms with Crippen LogP contribution in [-0.4, -0.2) is 41.3 Å². The van der Waals surface area contributed by atoms with E-state index in [1.807, 2.05) is 0 Å². The summed E-state index contributed by atoms with van der Waals surface area (Å²) in [7, 11) is 0. The molecule has 0 radical (unpaired) electrons. The molecule has 1 aliphatic heterocycles. The average Bonchev–Trinajstić information content (AvgIpc) is 2.52. The lowest BCUT2D eigenvalue weighted by molar-refractivity contribution is -0.385. The van der Waals surface area contributed by atoms with Crippen LogP contribution in [0.15, 0.2) is 18.2 Å². The third-order valence-electron chi connectivity index (χ3n) is 3.90. The predicted octanol–water partition coefficient (Wildman–Crippen LogP) is 1.01. The normalized spacial score (nSPS) is 17.6. The summed E-state index contributed by atoms with van der Waals surface area (Å²) in [5, 5.41) is 10.8. The van der Waals surface area contributed by atoms with Crippen LogP contribution in [0.4, 0.5) is 5.69 Å². The van der Waals surface area contributed by atoms with Crippen molar-refractivity contribution >= 4 is 17.5 Å². The molecule has 0 aliphatic carbocycles. The van der Waals surface area contributed by atoms with Crippen molar-refractivity contribution in [2.75, 3.05) is 19.7 Å². The number of piperidine rings is 1. The molecule has 0 unspecified atom stereocenters. The molecule has 1 aromatic carbocycles. The first-order valence-electron chi connectivity index (χ1n) is 7.33. The molecule has 23 heavy (non-hydrogen) atoms. The van der Waals surface area contributed by atoms with E-state index in [4.69, 9.17) is 10.5 Å². The fourth-order valence-electron chi connectivity index (χ4n) is 2.59. The van der Waals surface area contributed by atoms with E-state index in [-0.39, 0.29) is 24.1 Å². The Kier molecular flexibility index (Phi) is 5.15. The Bertz CT molecular complexity index is 632. The zero-order valence-corrected chi connectivity index (χ0v) is 12.9. The number of primary amides is 1. The molecule has 2 amide bonds. The lowest BCUT2D eigenvalue weighted by Crippen LogP contribution is -2.45. The number of carbonyl (C=O) groups is 2. The molecule has 8 heteroatoms. The van der Waals surface area contributed by atoms with E-state index in [1.54, 1.807) is 11.8 Å². The minimum atomic E-state index is -0.470. The second-order valence-corrected chi connectivity index (χ2v) is 5.58. The van der Waals surface area contributed by atoms with Crippen LogP contribution < -0.4 is 10.5 Å². The third kappa shape index (κ3) is 4.18. The van der Waals surface area contributed by atoms with Gasteiger partial charge in [0.15, 0.2) is 6.61 Å². The molecule has 1 saturated heterocycles. The number of likely N-dealkylation sites (tertiary alicyclic amines) is 1. The fraction of sp³-hybridized carbons (Fsp3) is 0.467. The van der Waals surface area contributed by atoms with Gasteiger partial charge < -0.3 is 15.4 Å². The van der Waals surface area contributed by atoms with E-state index < -0.39 is 10.8 Å². The number of benzene rings is 1. The SMILES string of the molecule is Cc1cc(OCC(=O)N2CCC[C@H](C(N)=O)C2)ccc1[N+](=O)[O-]. The van der Waals surface area contributed by atoms with Gasteiger partial charge >= 0.3 is 0 Å². The molecule has 124 valence electrons. The number of rotatable bonds is 5. The zero-order chi connectivity index (χ0) is 17.0. The topological polar surface area (TPSA) is 116 Å². The van der Waals surface area contributed by atoms with Gasteiger partial charge in [-0.3, -0.25) is 19.7 Å². The maximum Gasteiger partial charge on any atom is 0.272 e. The van der Waals surface area contributed by atoms with Gasteiger partial charge in [0.25, 0.3) is 11.6 Å². The number of nitrogens with zero attached hydrogens (tertiary/aromatic N) is 2. The third-order valence-corrected chi connectivity index (χ3v) is 3.90. The van der Waals surface area contributed by atoms with Gasteiger partial charge in [0.05, 0.1) is 10.8 Å². The minimum Gasteiger partial charge on any atom is -0.484 e. The molecule has 1 aromatic rings. The lowest BCUT2D eigenvalue weighted by Gasteiger charge is -2.31. The van der Waals surface area contributed by atoms with Crippen molar-refractivity contribution in [3.63, 3.8) is 0 Å². The van der Waals surface area contributed by atoms with Gasteiger partial charge in [-0.15, -0.1) is 0 Å². The van der Waals surface area contributed by atoms with E-state index in [1.165, 1.54) is 18.2 Å². The highest BCUT2D eigenvalue weighted by molar-refractivity contribution is 5.81. The smallest absolute Gasteiger partial charge is 0.272 e. The highest BCUT2D eigenvalue weighted by Gasteiger charge is 2.27. The van der Waals surface area contributed by atoms with Crippen molar-refractivity contribution in [2.24, 2.45) is 11.7 Å². The number of carbonyl (C=O) groups excluding carboxylic acids is 2. The largest absolute Gasteiger partial charge is 0.484 e. The summed E-state index contributed by atoms with van der Waals surface area (Å²) < 4.78 is 5.40. The van der Waals surface area contributed by atoms with Crippen LogP contribution in [0.25, 0.3) is 0 Å². The van der Waals surface area contributed by atoms with Crippen molar-refractivity contribution in [1.29, 1.82) is 0 Å². The standard InChI is InChI=1S/C15H19N3O5/c1-10-7-12(4-5-13(10)18(21)22)23-9-14(19)17-6-2-3-11(8-17)15(16)20/h4-5,7,11H,2-3,6,8-9H2,1H3,(H2,16,20)/t11-/m0/s1. The second kappa shape index (κ2) is 7.08. The van der Waals surface area contributed by atoms with Gasteiger partial charge in [0.1, 0.15) is 5.75 Å². The number of aryl methyl sites for hydroxylation is 1. The van der Waals surface area contributed by atoms with Crippen molar-refractivity contribution in [3.05, 3.63) is 33.9 Å². The van der Waals surface area contributed by atoms with E-state index in [0.29, 0.717) is 30.8 Å². The zero-order valence-electron chi connectivity index (χ0n) is 12.9. The predicted molar refractivity (Wildman–Crippen MR) is 81.8 cm³/mol. The van der Waals surface area contributed by atoms with E-state index in [2.05, 4.69) is 0 Å². The number of hydrogen-bond acceptors (Lipinski definition) is 5. The van der Waals surface area contributed by atoms with Crippen LogP contribution in [0.3, 0.4) is 0 Å². The monoisotopic (exact) mass is 321 g/mol. The van der Waals surface area contributed by atoms with E-state index in [0.717, 1.165) is 6.42 Å². The molecule has 8 nitrogen and oxygen atoms in total. The summed E-state index contributed by atoms with van der Waals surface area (Å²) in [6.07, 6.45) is 1.43. The minimum absolute atomic E-state index is 0.00371. The summed E-state index contributed by atoms with van der Waals surface area (Å²) >= 11 is 0. The molecule has 0 saturated carbocycles. The van der Waals surface area contributed by atoms with Crippen molar-refractivity contribution < 1.29 is 19.2 Å². The van der Waals surface area contributed by atoms with Crippen LogP contribution in [0.5, 0.6) is 5.75 Å². The van der Waals surface area contributed by atoms with E-state index in [9.17, 15) is 19.7 Å². The molecule has 0 bridgehead atoms. The van der Waals surface area contributed by atoms with Crippen LogP contribution in [0, 0.1) is 23.0 Å². The van der Waals surface area contributed by atoms with Crippen LogP contribution in [-0.2, 0) is 9.59 Å². The summed E-state index contributed by atoms with van der Waals surface area (Å²) in [5.74, 6) is -0.541. The molecule has 2 N–H and O–H groups in total. The van der Waals surface area contributed by atoms with Gasteiger partial charge in [0, 0.05) is 24.7 Å². The Balaban J connectivity index is 1.92. The molecular formula is C15H19N3O5. The Morgan fingerprint density at radius 3 is 2.83 bits per heavy atom. The fourth-order valence-corrected chi connectivity index (χ4v) is 2.59. The van der Waals surface area contributed by atoms with Gasteiger partial charge in [0.2, 0.25) is 5.91 Å². The van der Waals surface area contributed by atoms with Crippen molar-refractivity contribution in [1.82, 2.24) is 4.90 Å². The second-order valence-electron chi connectivity index (χ2n) is 5.58. The average molecular weight is 321 g/mol. The van der Waals surface area contributed by atoms with Crippen LogP contribution >= 0.6 is 0 Å². The Morgan fingerprint density at radius 1 is 1.48 bits per heavy atom. The van der Waals surface area contributed by atoms with Gasteiger partial charge in [-0.05, 0) is 31.9 Å². The number of hydrogen-bond donors (Lipinski definition) is 1. The molecule has 2 rings (SSSR count). The summed E-state index contributed by atoms with van der Waals surface area (Å²) in [5.41, 5.74) is 5.75. The van der Waals surface area contributed by atoms with Gasteiger partial charge in [-0.25, -0.2) is 0 Å². The Hall–Kier alpha value is -2.64. The molecule has 1 heterocycles. The first kappa shape index (κ1) is 16.7. The molecule has 0 aromatic heterocycles. The molecule has 1 aliphatic rings. The van der Waals surface area contributed by atoms with Gasteiger partial charge in [-0.2, -0.15) is 0 Å². The quantitative estimate of drug-likeness (QED) is 0.641. The number of amides is 2. The number of nitro benzene ring substituents is 1. The number of ether oxygens (including phenoxy) is 1.